The number of benzene rings is 1. The van der Waals surface area contributed by atoms with Crippen LogP contribution in [0.3, 0.4) is 0 Å². The summed E-state index contributed by atoms with van der Waals surface area (Å²) in [6, 6.07) is 4.85. The molecular weight excluding hydrogens is 279 g/mol. The molecule has 1 aliphatic heterocycles. The quantitative estimate of drug-likeness (QED) is 0.718. The first-order chi connectivity index (χ1) is 9.97. The number of imide groups is 1. The molecule has 2 unspecified atom stereocenters. The van der Waals surface area contributed by atoms with Crippen LogP contribution in [-0.4, -0.2) is 54.2 Å². The number of nitrogens with one attached hydrogen (secondary N) is 1. The molecule has 2 rings (SSSR count). The number of carbonyl (C=O) groups is 2. The summed E-state index contributed by atoms with van der Waals surface area (Å²) in [6.07, 6.45) is -0.746. The molecule has 1 aliphatic rings. The van der Waals surface area contributed by atoms with Gasteiger partial charge in [-0.3, -0.25) is 14.5 Å². The summed E-state index contributed by atoms with van der Waals surface area (Å²) in [7, 11) is 1.43. The molecule has 21 heavy (non-hydrogen) atoms. The molecule has 2 amide bonds. The number of ether oxygens (including phenoxy) is 1. The zero-order chi connectivity index (χ0) is 15.4. The molecule has 0 aliphatic carbocycles. The Morgan fingerprint density at radius 3 is 2.67 bits per heavy atom. The predicted molar refractivity (Wildman–Crippen MR) is 72.1 cm³/mol. The molecule has 1 heterocycles. The summed E-state index contributed by atoms with van der Waals surface area (Å²) in [5, 5.41) is 12.6. The Labute approximate surface area is 121 Å². The number of hydrogen-bond acceptors (Lipinski definition) is 5. The highest BCUT2D eigenvalue weighted by molar-refractivity contribution is 6.05. The lowest BCUT2D eigenvalue weighted by molar-refractivity contribution is -0.137. The molecule has 0 radical (unpaired) electrons. The van der Waals surface area contributed by atoms with Gasteiger partial charge < -0.3 is 15.2 Å². The number of halogens is 1. The molecule has 0 saturated carbocycles. The zero-order valence-corrected chi connectivity index (χ0v) is 11.6. The lowest BCUT2D eigenvalue weighted by atomic mass is 10.2. The second-order valence-corrected chi connectivity index (χ2v) is 4.87. The van der Waals surface area contributed by atoms with Gasteiger partial charge in [-0.25, -0.2) is 4.39 Å². The van der Waals surface area contributed by atoms with Crippen LogP contribution >= 0.6 is 0 Å². The van der Waals surface area contributed by atoms with Crippen molar-refractivity contribution in [3.8, 4) is 5.75 Å². The molecule has 0 aromatic heterocycles. The molecule has 1 aromatic carbocycles. The Balaban J connectivity index is 1.73. The maximum Gasteiger partial charge on any atom is 0.246 e. The van der Waals surface area contributed by atoms with Gasteiger partial charge in [-0.15, -0.1) is 0 Å². The fourth-order valence-corrected chi connectivity index (χ4v) is 1.98. The Kier molecular flexibility index (Phi) is 4.87. The van der Waals surface area contributed by atoms with Crippen molar-refractivity contribution in [1.29, 1.82) is 0 Å². The van der Waals surface area contributed by atoms with Gasteiger partial charge in [0.25, 0.3) is 0 Å². The minimum absolute atomic E-state index is 0.00330. The summed E-state index contributed by atoms with van der Waals surface area (Å²) in [5.41, 5.74) is 0. The van der Waals surface area contributed by atoms with E-state index in [1.165, 1.54) is 31.3 Å². The van der Waals surface area contributed by atoms with Crippen LogP contribution in [0.5, 0.6) is 5.75 Å². The number of likely N-dealkylation sites (N-methyl/N-ethyl adjacent to an activating group) is 1. The van der Waals surface area contributed by atoms with Crippen molar-refractivity contribution in [3.05, 3.63) is 30.1 Å². The maximum atomic E-state index is 12.7. The number of likely N-dealkylation sites (tertiary alicyclic amines) is 1. The Hall–Kier alpha value is -1.99. The third kappa shape index (κ3) is 3.99. The summed E-state index contributed by atoms with van der Waals surface area (Å²) in [5.74, 6) is -0.457. The van der Waals surface area contributed by atoms with Crippen molar-refractivity contribution >= 4 is 11.8 Å². The van der Waals surface area contributed by atoms with Crippen molar-refractivity contribution in [2.45, 2.75) is 18.6 Å². The number of aliphatic hydroxyl groups is 1. The average Bonchev–Trinajstić information content (AvgIpc) is 2.72. The SMILES string of the molecule is CN1C(=O)CC(NCC(O)COc2ccc(F)cc2)C1=O. The van der Waals surface area contributed by atoms with Crippen molar-refractivity contribution in [3.63, 3.8) is 0 Å². The Bertz CT molecular complexity index is 520. The summed E-state index contributed by atoms with van der Waals surface area (Å²) < 4.78 is 18.0. The lowest BCUT2D eigenvalue weighted by Gasteiger charge is -2.15. The van der Waals surface area contributed by atoms with Gasteiger partial charge in [-0.1, -0.05) is 0 Å². The van der Waals surface area contributed by atoms with Crippen LogP contribution in [0.4, 0.5) is 4.39 Å². The smallest absolute Gasteiger partial charge is 0.246 e. The van der Waals surface area contributed by atoms with E-state index in [1.54, 1.807) is 0 Å². The highest BCUT2D eigenvalue weighted by Crippen LogP contribution is 2.12. The standard InChI is InChI=1S/C14H17FN2O4/c1-17-13(19)6-12(14(17)20)16-7-10(18)8-21-11-4-2-9(15)3-5-11/h2-5,10,12,16,18H,6-8H2,1H3. The highest BCUT2D eigenvalue weighted by atomic mass is 19.1. The summed E-state index contributed by atoms with van der Waals surface area (Å²) in [4.78, 5) is 24.0. The zero-order valence-electron chi connectivity index (χ0n) is 11.6. The van der Waals surface area contributed by atoms with E-state index in [0.29, 0.717) is 5.75 Å². The van der Waals surface area contributed by atoms with Crippen LogP contribution in [0.1, 0.15) is 6.42 Å². The van der Waals surface area contributed by atoms with E-state index in [-0.39, 0.29) is 37.2 Å². The fraction of sp³-hybridized carbons (Fsp3) is 0.429. The van der Waals surface area contributed by atoms with Crippen LogP contribution in [0.25, 0.3) is 0 Å². The Morgan fingerprint density at radius 2 is 2.10 bits per heavy atom. The van der Waals surface area contributed by atoms with Crippen molar-refractivity contribution in [2.24, 2.45) is 0 Å². The molecule has 114 valence electrons. The molecule has 2 atom stereocenters. The first-order valence-electron chi connectivity index (χ1n) is 6.57. The minimum atomic E-state index is -0.844. The normalized spacial score (nSPS) is 20.0. The maximum absolute atomic E-state index is 12.7. The number of amides is 2. The molecule has 0 bridgehead atoms. The first kappa shape index (κ1) is 15.4. The first-order valence-corrected chi connectivity index (χ1v) is 6.57. The second kappa shape index (κ2) is 6.64. The molecule has 1 saturated heterocycles. The van der Waals surface area contributed by atoms with Crippen LogP contribution in [0.2, 0.25) is 0 Å². The molecule has 1 fully saturated rings. The van der Waals surface area contributed by atoms with E-state index in [1.807, 2.05) is 0 Å². The Morgan fingerprint density at radius 1 is 1.43 bits per heavy atom. The molecule has 1 aromatic rings. The lowest BCUT2D eigenvalue weighted by Crippen LogP contribution is -2.42. The number of hydrogen-bond donors (Lipinski definition) is 2. The van der Waals surface area contributed by atoms with Crippen LogP contribution in [0.15, 0.2) is 24.3 Å². The topological polar surface area (TPSA) is 78.9 Å². The fourth-order valence-electron chi connectivity index (χ4n) is 1.98. The van der Waals surface area contributed by atoms with E-state index in [4.69, 9.17) is 4.74 Å². The van der Waals surface area contributed by atoms with Crippen LogP contribution < -0.4 is 10.1 Å². The van der Waals surface area contributed by atoms with E-state index < -0.39 is 12.1 Å². The largest absolute Gasteiger partial charge is 0.491 e. The molecule has 6 nitrogen and oxygen atoms in total. The van der Waals surface area contributed by atoms with Gasteiger partial charge in [0.05, 0.1) is 12.5 Å². The predicted octanol–water partition coefficient (Wildman–Crippen LogP) is -0.0877. The summed E-state index contributed by atoms with van der Waals surface area (Å²) >= 11 is 0. The molecule has 2 N–H and O–H groups in total. The van der Waals surface area contributed by atoms with Crippen LogP contribution in [0, 0.1) is 5.82 Å². The number of rotatable bonds is 6. The molecule has 0 spiro atoms. The molecule has 7 heteroatoms. The minimum Gasteiger partial charge on any atom is -0.491 e. The number of nitrogens with zero attached hydrogens (tertiary/aromatic N) is 1. The summed E-state index contributed by atoms with van der Waals surface area (Å²) in [6.45, 7) is 0.127. The van der Waals surface area contributed by atoms with Crippen molar-refractivity contribution in [1.82, 2.24) is 10.2 Å². The van der Waals surface area contributed by atoms with Gasteiger partial charge in [0.1, 0.15) is 24.3 Å². The van der Waals surface area contributed by atoms with Gasteiger partial charge in [-0.2, -0.15) is 0 Å². The highest BCUT2D eigenvalue weighted by Gasteiger charge is 2.35. The molecular formula is C14H17FN2O4. The van der Waals surface area contributed by atoms with E-state index >= 15 is 0 Å². The van der Waals surface area contributed by atoms with E-state index in [9.17, 15) is 19.1 Å². The second-order valence-electron chi connectivity index (χ2n) is 4.87. The van der Waals surface area contributed by atoms with Gasteiger partial charge in [0, 0.05) is 13.6 Å². The number of carbonyl (C=O) groups excluding carboxylic acids is 2. The van der Waals surface area contributed by atoms with Gasteiger partial charge in [0.15, 0.2) is 0 Å². The van der Waals surface area contributed by atoms with Gasteiger partial charge in [0.2, 0.25) is 11.8 Å². The monoisotopic (exact) mass is 296 g/mol. The van der Waals surface area contributed by atoms with Crippen LogP contribution in [-0.2, 0) is 9.59 Å². The van der Waals surface area contributed by atoms with E-state index in [0.717, 1.165) is 4.90 Å². The van der Waals surface area contributed by atoms with Crippen molar-refractivity contribution < 1.29 is 23.8 Å². The number of aliphatic hydroxyl groups excluding tert-OH is 1. The average molecular weight is 296 g/mol. The van der Waals surface area contributed by atoms with Gasteiger partial charge in [-0.05, 0) is 24.3 Å². The van der Waals surface area contributed by atoms with Crippen molar-refractivity contribution in [2.75, 3.05) is 20.2 Å². The van der Waals surface area contributed by atoms with Gasteiger partial charge >= 0.3 is 0 Å². The third-order valence-electron chi connectivity index (χ3n) is 3.24. The third-order valence-corrected chi connectivity index (χ3v) is 3.24. The van der Waals surface area contributed by atoms with E-state index in [2.05, 4.69) is 5.32 Å².